The number of hydrogen-bond acceptors (Lipinski definition) is 6. The van der Waals surface area contributed by atoms with E-state index >= 15 is 0 Å². The topological polar surface area (TPSA) is 78.9 Å². The van der Waals surface area contributed by atoms with Gasteiger partial charge in [0.25, 0.3) is 0 Å². The molecule has 0 aromatic rings. The summed E-state index contributed by atoms with van der Waals surface area (Å²) >= 11 is 0. The molecule has 0 saturated heterocycles. The predicted molar refractivity (Wildman–Crippen MR) is 275 cm³/mol. The predicted octanol–water partition coefficient (Wildman–Crippen LogP) is 18.9. The van der Waals surface area contributed by atoms with Crippen molar-refractivity contribution in [2.24, 2.45) is 11.8 Å². The summed E-state index contributed by atoms with van der Waals surface area (Å²) < 4.78 is 16.9. The fourth-order valence-electron chi connectivity index (χ4n) is 8.81. The first-order valence-electron chi connectivity index (χ1n) is 28.8. The quantitative estimate of drug-likeness (QED) is 0.0344. The maximum absolute atomic E-state index is 12.8. The third-order valence-electron chi connectivity index (χ3n) is 13.9. The molecule has 0 spiro atoms. The third kappa shape index (κ3) is 48.3. The van der Waals surface area contributed by atoms with E-state index in [1.807, 2.05) is 0 Å². The number of ether oxygens (including phenoxy) is 3. The van der Waals surface area contributed by atoms with Crippen molar-refractivity contribution in [2.45, 2.75) is 330 Å². The smallest absolute Gasteiger partial charge is 0.306 e. The second kappa shape index (κ2) is 50.8. The van der Waals surface area contributed by atoms with E-state index < -0.39 is 6.10 Å². The summed E-state index contributed by atoms with van der Waals surface area (Å²) in [6.45, 7) is 11.4. The average Bonchev–Trinajstić information content (AvgIpc) is 3.29. The van der Waals surface area contributed by atoms with E-state index in [2.05, 4.69) is 34.6 Å². The molecular formula is C58H112O6. The Kier molecular flexibility index (Phi) is 49.6. The standard InChI is InChI=1S/C58H112O6/c1-6-9-10-11-12-13-14-15-23-27-30-33-40-45-50-58(61)64-55(52-63-57(60)49-44-39-35-34-37-42-47-54(5)8-3)51-62-56(59)48-43-38-32-29-26-24-21-19-17-16-18-20-22-25-28-31-36-41-46-53(4)7-2/h53-55H,6-52H2,1-5H3/t53?,54?,55-/m1/s1. The molecule has 0 aliphatic heterocycles. The first-order valence-corrected chi connectivity index (χ1v) is 28.8. The van der Waals surface area contributed by atoms with Gasteiger partial charge in [0.1, 0.15) is 13.2 Å². The first kappa shape index (κ1) is 62.4. The largest absolute Gasteiger partial charge is 0.462 e. The van der Waals surface area contributed by atoms with Gasteiger partial charge in [-0.1, -0.05) is 285 Å². The van der Waals surface area contributed by atoms with Crippen LogP contribution in [0.1, 0.15) is 324 Å². The molecule has 2 unspecified atom stereocenters. The Morgan fingerprint density at radius 2 is 0.547 bits per heavy atom. The molecule has 3 atom stereocenters. The van der Waals surface area contributed by atoms with Crippen LogP contribution in [0.25, 0.3) is 0 Å². The maximum Gasteiger partial charge on any atom is 0.306 e. The SMILES string of the molecule is CCCCCCCCCCCCCCCCC(=O)O[C@H](COC(=O)CCCCCCCCCCCCCCCCCCCCC(C)CC)COC(=O)CCCCCCCCC(C)CC. The molecule has 0 amide bonds. The molecule has 64 heavy (non-hydrogen) atoms. The Hall–Kier alpha value is -1.59. The van der Waals surface area contributed by atoms with Crippen LogP contribution in [0.4, 0.5) is 0 Å². The van der Waals surface area contributed by atoms with Crippen molar-refractivity contribution in [3.8, 4) is 0 Å². The zero-order valence-corrected chi connectivity index (χ0v) is 43.9. The number of unbranched alkanes of at least 4 members (excludes halogenated alkanes) is 35. The minimum Gasteiger partial charge on any atom is -0.462 e. The first-order chi connectivity index (χ1) is 31.3. The van der Waals surface area contributed by atoms with Gasteiger partial charge in [-0.3, -0.25) is 14.4 Å². The zero-order valence-electron chi connectivity index (χ0n) is 43.9. The van der Waals surface area contributed by atoms with Crippen molar-refractivity contribution in [1.82, 2.24) is 0 Å². The van der Waals surface area contributed by atoms with Gasteiger partial charge < -0.3 is 14.2 Å². The number of hydrogen-bond donors (Lipinski definition) is 0. The Morgan fingerprint density at radius 1 is 0.312 bits per heavy atom. The number of carbonyl (C=O) groups is 3. The summed E-state index contributed by atoms with van der Waals surface area (Å²) in [6, 6.07) is 0. The summed E-state index contributed by atoms with van der Waals surface area (Å²) in [4.78, 5) is 38.0. The fourth-order valence-corrected chi connectivity index (χ4v) is 8.81. The highest BCUT2D eigenvalue weighted by Crippen LogP contribution is 2.19. The van der Waals surface area contributed by atoms with Crippen LogP contribution in [0.2, 0.25) is 0 Å². The van der Waals surface area contributed by atoms with E-state index in [4.69, 9.17) is 14.2 Å². The lowest BCUT2D eigenvalue weighted by Crippen LogP contribution is -2.30. The van der Waals surface area contributed by atoms with E-state index in [0.717, 1.165) is 69.6 Å². The Labute approximate surface area is 399 Å². The van der Waals surface area contributed by atoms with Crippen molar-refractivity contribution in [2.75, 3.05) is 13.2 Å². The molecule has 0 N–H and O–H groups in total. The van der Waals surface area contributed by atoms with Gasteiger partial charge in [0, 0.05) is 19.3 Å². The lowest BCUT2D eigenvalue weighted by Gasteiger charge is -2.18. The van der Waals surface area contributed by atoms with Crippen molar-refractivity contribution >= 4 is 17.9 Å². The lowest BCUT2D eigenvalue weighted by molar-refractivity contribution is -0.167. The van der Waals surface area contributed by atoms with Crippen LogP contribution in [0.15, 0.2) is 0 Å². The van der Waals surface area contributed by atoms with Crippen LogP contribution in [0.3, 0.4) is 0 Å². The zero-order chi connectivity index (χ0) is 46.8. The monoisotopic (exact) mass is 905 g/mol. The van der Waals surface area contributed by atoms with Crippen LogP contribution in [-0.4, -0.2) is 37.2 Å². The minimum atomic E-state index is -0.763. The summed E-state index contributed by atoms with van der Waals surface area (Å²) in [5.41, 5.74) is 0. The highest BCUT2D eigenvalue weighted by Gasteiger charge is 2.19. The van der Waals surface area contributed by atoms with Gasteiger partial charge in [-0.2, -0.15) is 0 Å². The Morgan fingerprint density at radius 3 is 0.812 bits per heavy atom. The van der Waals surface area contributed by atoms with Crippen LogP contribution in [0.5, 0.6) is 0 Å². The van der Waals surface area contributed by atoms with Gasteiger partial charge >= 0.3 is 17.9 Å². The molecule has 6 heteroatoms. The van der Waals surface area contributed by atoms with Gasteiger partial charge in [-0.25, -0.2) is 0 Å². The van der Waals surface area contributed by atoms with Gasteiger partial charge in [0.05, 0.1) is 0 Å². The minimum absolute atomic E-state index is 0.0635. The average molecular weight is 906 g/mol. The molecule has 0 fully saturated rings. The molecule has 0 saturated carbocycles. The van der Waals surface area contributed by atoms with Crippen molar-refractivity contribution in [1.29, 1.82) is 0 Å². The molecule has 6 nitrogen and oxygen atoms in total. The lowest BCUT2D eigenvalue weighted by atomic mass is 9.99. The van der Waals surface area contributed by atoms with Crippen LogP contribution in [0, 0.1) is 11.8 Å². The highest BCUT2D eigenvalue weighted by molar-refractivity contribution is 5.71. The van der Waals surface area contributed by atoms with Crippen molar-refractivity contribution in [3.63, 3.8) is 0 Å². The second-order valence-corrected chi connectivity index (χ2v) is 20.4. The number of carbonyl (C=O) groups excluding carboxylic acids is 3. The van der Waals surface area contributed by atoms with Gasteiger partial charge in [0.15, 0.2) is 6.10 Å². The summed E-state index contributed by atoms with van der Waals surface area (Å²) in [7, 11) is 0. The van der Waals surface area contributed by atoms with Crippen LogP contribution < -0.4 is 0 Å². The van der Waals surface area contributed by atoms with Gasteiger partial charge in [0.2, 0.25) is 0 Å². The van der Waals surface area contributed by atoms with Crippen molar-refractivity contribution < 1.29 is 28.6 Å². The van der Waals surface area contributed by atoms with Crippen LogP contribution >= 0.6 is 0 Å². The van der Waals surface area contributed by atoms with Crippen LogP contribution in [-0.2, 0) is 28.6 Å². The molecule has 0 rings (SSSR count). The molecule has 0 aromatic heterocycles. The normalized spacial score (nSPS) is 12.9. The number of esters is 3. The summed E-state index contributed by atoms with van der Waals surface area (Å²) in [6.07, 6.45) is 53.8. The second-order valence-electron chi connectivity index (χ2n) is 20.4. The Bertz CT molecular complexity index is 982. The van der Waals surface area contributed by atoms with Crippen molar-refractivity contribution in [3.05, 3.63) is 0 Å². The Balaban J connectivity index is 4.20. The van der Waals surface area contributed by atoms with Gasteiger partial charge in [-0.15, -0.1) is 0 Å². The molecule has 0 heterocycles. The van der Waals surface area contributed by atoms with E-state index in [9.17, 15) is 14.4 Å². The fraction of sp³-hybridized carbons (Fsp3) is 0.948. The van der Waals surface area contributed by atoms with E-state index in [1.54, 1.807) is 0 Å². The highest BCUT2D eigenvalue weighted by atomic mass is 16.6. The van der Waals surface area contributed by atoms with E-state index in [0.29, 0.717) is 19.3 Å². The molecule has 0 aromatic carbocycles. The molecule has 0 bridgehead atoms. The molecule has 0 aliphatic rings. The molecule has 380 valence electrons. The molecule has 0 aliphatic carbocycles. The third-order valence-corrected chi connectivity index (χ3v) is 13.9. The van der Waals surface area contributed by atoms with Gasteiger partial charge in [-0.05, 0) is 31.1 Å². The molecule has 0 radical (unpaired) electrons. The summed E-state index contributed by atoms with van der Waals surface area (Å²) in [5.74, 6) is 0.880. The maximum atomic E-state index is 12.8. The van der Waals surface area contributed by atoms with E-state index in [-0.39, 0.29) is 31.1 Å². The summed E-state index contributed by atoms with van der Waals surface area (Å²) in [5, 5.41) is 0. The number of rotatable bonds is 52. The van der Waals surface area contributed by atoms with E-state index in [1.165, 1.54) is 212 Å². The molecular weight excluding hydrogens is 793 g/mol.